The molecule has 0 saturated heterocycles. The molecule has 14 heavy (non-hydrogen) atoms. The Bertz CT molecular complexity index is 334. The molecule has 76 valence electrons. The summed E-state index contributed by atoms with van der Waals surface area (Å²) in [7, 11) is 0. The minimum atomic E-state index is -0.125. The Morgan fingerprint density at radius 3 is 2.86 bits per heavy atom. The van der Waals surface area contributed by atoms with Gasteiger partial charge in [-0.15, -0.1) is 0 Å². The van der Waals surface area contributed by atoms with E-state index in [9.17, 15) is 9.90 Å². The minimum absolute atomic E-state index is 0.125. The Balaban J connectivity index is 2.84. The topological polar surface area (TPSA) is 49.3 Å². The molecule has 3 heteroatoms. The average molecular weight is 193 g/mol. The lowest BCUT2D eigenvalue weighted by Gasteiger charge is -2.07. The molecule has 0 atom stereocenters. The highest BCUT2D eigenvalue weighted by Crippen LogP contribution is 2.19. The highest BCUT2D eigenvalue weighted by atomic mass is 16.3. The number of amides is 1. The maximum Gasteiger partial charge on any atom is 0.251 e. The Labute approximate surface area is 83.8 Å². The fraction of sp³-hybridized carbons (Fsp3) is 0.364. The van der Waals surface area contributed by atoms with Crippen LogP contribution in [-0.2, 0) is 0 Å². The Hall–Kier alpha value is -1.51. The van der Waals surface area contributed by atoms with E-state index >= 15 is 0 Å². The third kappa shape index (κ3) is 2.25. The number of hydrogen-bond donors (Lipinski definition) is 2. The molecule has 2 N–H and O–H groups in total. The number of phenolic OH excluding ortho intramolecular Hbond substituents is 1. The Morgan fingerprint density at radius 1 is 1.50 bits per heavy atom. The van der Waals surface area contributed by atoms with Crippen LogP contribution in [-0.4, -0.2) is 17.6 Å². The van der Waals surface area contributed by atoms with Gasteiger partial charge in [0.15, 0.2) is 0 Å². The van der Waals surface area contributed by atoms with Crippen LogP contribution < -0.4 is 5.32 Å². The van der Waals surface area contributed by atoms with E-state index in [1.165, 1.54) is 0 Å². The van der Waals surface area contributed by atoms with E-state index in [4.69, 9.17) is 0 Å². The second-order valence-electron chi connectivity index (χ2n) is 3.21. The molecule has 1 rings (SSSR count). The molecular formula is C11H15NO2. The van der Waals surface area contributed by atoms with Gasteiger partial charge in [-0.3, -0.25) is 4.79 Å². The third-order valence-corrected chi connectivity index (χ3v) is 2.09. The highest BCUT2D eigenvalue weighted by molar-refractivity contribution is 5.96. The van der Waals surface area contributed by atoms with Gasteiger partial charge in [0.1, 0.15) is 5.75 Å². The molecule has 0 radical (unpaired) electrons. The number of benzene rings is 1. The van der Waals surface area contributed by atoms with Crippen LogP contribution >= 0.6 is 0 Å². The van der Waals surface area contributed by atoms with Crippen molar-refractivity contribution >= 4 is 5.91 Å². The van der Waals surface area contributed by atoms with Crippen molar-refractivity contribution in [2.24, 2.45) is 0 Å². The largest absolute Gasteiger partial charge is 0.508 e. The monoisotopic (exact) mass is 193 g/mol. The lowest BCUT2D eigenvalue weighted by Crippen LogP contribution is -2.24. The van der Waals surface area contributed by atoms with Gasteiger partial charge in [0.05, 0.1) is 0 Å². The van der Waals surface area contributed by atoms with Gasteiger partial charge in [-0.05, 0) is 25.5 Å². The van der Waals surface area contributed by atoms with Crippen molar-refractivity contribution in [3.05, 3.63) is 29.3 Å². The number of carbonyl (C=O) groups is 1. The number of aromatic hydroxyl groups is 1. The maximum atomic E-state index is 11.6. The first-order valence-electron chi connectivity index (χ1n) is 4.73. The number of phenols is 1. The van der Waals surface area contributed by atoms with Gasteiger partial charge in [-0.2, -0.15) is 0 Å². The number of nitrogens with one attached hydrogen (secondary N) is 1. The molecule has 1 aromatic carbocycles. The van der Waals surface area contributed by atoms with Crippen molar-refractivity contribution in [3.63, 3.8) is 0 Å². The third-order valence-electron chi connectivity index (χ3n) is 2.09. The predicted molar refractivity (Wildman–Crippen MR) is 55.5 cm³/mol. The zero-order chi connectivity index (χ0) is 10.6. The summed E-state index contributed by atoms with van der Waals surface area (Å²) in [6.45, 7) is 4.39. The predicted octanol–water partition coefficient (Wildman–Crippen LogP) is 1.84. The highest BCUT2D eigenvalue weighted by Gasteiger charge is 2.09. The molecule has 0 unspecified atom stereocenters. The van der Waals surface area contributed by atoms with Gasteiger partial charge >= 0.3 is 0 Å². The van der Waals surface area contributed by atoms with Gasteiger partial charge in [0.25, 0.3) is 5.91 Å². The van der Waals surface area contributed by atoms with E-state index in [2.05, 4.69) is 5.32 Å². The van der Waals surface area contributed by atoms with Crippen LogP contribution in [0.5, 0.6) is 5.75 Å². The smallest absolute Gasteiger partial charge is 0.251 e. The first kappa shape index (κ1) is 10.6. The van der Waals surface area contributed by atoms with Gasteiger partial charge in [0.2, 0.25) is 0 Å². The van der Waals surface area contributed by atoms with Crippen LogP contribution in [0.25, 0.3) is 0 Å². The summed E-state index contributed by atoms with van der Waals surface area (Å²) in [5, 5.41) is 12.2. The summed E-state index contributed by atoms with van der Waals surface area (Å²) < 4.78 is 0. The molecule has 0 spiro atoms. The van der Waals surface area contributed by atoms with E-state index in [0.717, 1.165) is 6.42 Å². The summed E-state index contributed by atoms with van der Waals surface area (Å²) in [5.41, 5.74) is 1.17. The van der Waals surface area contributed by atoms with E-state index in [1.807, 2.05) is 6.92 Å². The summed E-state index contributed by atoms with van der Waals surface area (Å²) in [5.74, 6) is 0.0365. The molecular weight excluding hydrogens is 178 g/mol. The molecule has 0 aliphatic rings. The fourth-order valence-corrected chi connectivity index (χ4v) is 1.20. The van der Waals surface area contributed by atoms with Crippen molar-refractivity contribution in [2.75, 3.05) is 6.54 Å². The van der Waals surface area contributed by atoms with Crippen LogP contribution in [0.1, 0.15) is 29.3 Å². The zero-order valence-corrected chi connectivity index (χ0v) is 8.50. The molecule has 1 aromatic rings. The maximum absolute atomic E-state index is 11.6. The minimum Gasteiger partial charge on any atom is -0.508 e. The van der Waals surface area contributed by atoms with E-state index < -0.39 is 0 Å². The second kappa shape index (κ2) is 4.65. The van der Waals surface area contributed by atoms with Crippen LogP contribution in [0.2, 0.25) is 0 Å². The number of hydrogen-bond acceptors (Lipinski definition) is 2. The summed E-state index contributed by atoms with van der Waals surface area (Å²) in [4.78, 5) is 11.6. The molecule has 0 bridgehead atoms. The first-order valence-corrected chi connectivity index (χ1v) is 4.73. The molecule has 0 fully saturated rings. The van der Waals surface area contributed by atoms with Crippen LogP contribution in [0.4, 0.5) is 0 Å². The SMILES string of the molecule is CCCNC(=O)c1cccc(O)c1C. The van der Waals surface area contributed by atoms with Crippen molar-refractivity contribution < 1.29 is 9.90 Å². The molecule has 1 amide bonds. The van der Waals surface area contributed by atoms with Crippen molar-refractivity contribution in [1.29, 1.82) is 0 Å². The number of rotatable bonds is 3. The summed E-state index contributed by atoms with van der Waals surface area (Å²) in [6.07, 6.45) is 0.906. The van der Waals surface area contributed by atoms with Crippen LogP contribution in [0.15, 0.2) is 18.2 Å². The van der Waals surface area contributed by atoms with Crippen LogP contribution in [0, 0.1) is 6.92 Å². The normalized spacial score (nSPS) is 9.86. The Morgan fingerprint density at radius 2 is 2.21 bits per heavy atom. The molecule has 0 aromatic heterocycles. The average Bonchev–Trinajstić information content (AvgIpc) is 2.18. The standard InChI is InChI=1S/C11H15NO2/c1-3-7-12-11(14)9-5-4-6-10(13)8(9)2/h4-6,13H,3,7H2,1-2H3,(H,12,14). The molecule has 0 saturated carbocycles. The van der Waals surface area contributed by atoms with E-state index in [1.54, 1.807) is 25.1 Å². The van der Waals surface area contributed by atoms with Gasteiger partial charge < -0.3 is 10.4 Å². The molecule has 0 aliphatic heterocycles. The molecule has 3 nitrogen and oxygen atoms in total. The number of carbonyl (C=O) groups excluding carboxylic acids is 1. The summed E-state index contributed by atoms with van der Waals surface area (Å²) in [6, 6.07) is 4.95. The van der Waals surface area contributed by atoms with Crippen LogP contribution in [0.3, 0.4) is 0 Å². The quantitative estimate of drug-likeness (QED) is 0.769. The zero-order valence-electron chi connectivity index (χ0n) is 8.50. The first-order chi connectivity index (χ1) is 6.66. The van der Waals surface area contributed by atoms with Crippen molar-refractivity contribution in [3.8, 4) is 5.75 Å². The van der Waals surface area contributed by atoms with E-state index in [0.29, 0.717) is 17.7 Å². The fourth-order valence-electron chi connectivity index (χ4n) is 1.20. The summed E-state index contributed by atoms with van der Waals surface area (Å²) >= 11 is 0. The van der Waals surface area contributed by atoms with Crippen molar-refractivity contribution in [2.45, 2.75) is 20.3 Å². The lowest BCUT2D eigenvalue weighted by molar-refractivity contribution is 0.0952. The van der Waals surface area contributed by atoms with Gasteiger partial charge in [0, 0.05) is 17.7 Å². The molecule has 0 heterocycles. The lowest BCUT2D eigenvalue weighted by atomic mass is 10.1. The molecule has 0 aliphatic carbocycles. The second-order valence-corrected chi connectivity index (χ2v) is 3.21. The van der Waals surface area contributed by atoms with Gasteiger partial charge in [-0.25, -0.2) is 0 Å². The van der Waals surface area contributed by atoms with Crippen molar-refractivity contribution in [1.82, 2.24) is 5.32 Å². The van der Waals surface area contributed by atoms with E-state index in [-0.39, 0.29) is 11.7 Å². The van der Waals surface area contributed by atoms with Gasteiger partial charge in [-0.1, -0.05) is 13.0 Å². The Kier molecular flexibility index (Phi) is 3.51.